The summed E-state index contributed by atoms with van der Waals surface area (Å²) in [5.41, 5.74) is 5.90. The Morgan fingerprint density at radius 2 is 1.81 bits per heavy atom. The molecule has 0 spiro atoms. The van der Waals surface area contributed by atoms with Gasteiger partial charge >= 0.3 is 0 Å². The van der Waals surface area contributed by atoms with E-state index in [9.17, 15) is 4.79 Å². The molecule has 2 heterocycles. The normalized spacial score (nSPS) is 14.3. The number of hydrogen-bond donors (Lipinski definition) is 1. The number of nitrogens with one attached hydrogen (secondary N) is 1. The molecular formula is C26H32N4O2. The maximum absolute atomic E-state index is 12.8. The van der Waals surface area contributed by atoms with Gasteiger partial charge in [-0.1, -0.05) is 24.3 Å². The summed E-state index contributed by atoms with van der Waals surface area (Å²) in [4.78, 5) is 17.1. The maximum atomic E-state index is 12.8. The van der Waals surface area contributed by atoms with Gasteiger partial charge in [0.15, 0.2) is 5.82 Å². The number of aryl methyl sites for hydroxylation is 3. The number of methoxy groups -OCH3 is 1. The van der Waals surface area contributed by atoms with E-state index in [1.807, 2.05) is 29.2 Å². The van der Waals surface area contributed by atoms with Crippen LogP contribution >= 0.6 is 0 Å². The van der Waals surface area contributed by atoms with Crippen LogP contribution in [-0.2, 0) is 11.2 Å². The second-order valence-corrected chi connectivity index (χ2v) is 8.51. The van der Waals surface area contributed by atoms with E-state index in [2.05, 4.69) is 53.2 Å². The smallest absolute Gasteiger partial charge is 0.222 e. The van der Waals surface area contributed by atoms with Crippen LogP contribution in [0.3, 0.4) is 0 Å². The first-order valence-corrected chi connectivity index (χ1v) is 11.3. The van der Waals surface area contributed by atoms with Crippen LogP contribution in [0.4, 0.5) is 5.82 Å². The molecule has 1 aliphatic rings. The van der Waals surface area contributed by atoms with Crippen LogP contribution in [0.25, 0.3) is 11.3 Å². The predicted molar refractivity (Wildman–Crippen MR) is 128 cm³/mol. The highest BCUT2D eigenvalue weighted by atomic mass is 16.5. The lowest BCUT2D eigenvalue weighted by Crippen LogP contribution is -2.35. The van der Waals surface area contributed by atoms with Crippen molar-refractivity contribution >= 4 is 11.7 Å². The number of anilines is 1. The Balaban J connectivity index is 1.33. The number of hydrogen-bond acceptors (Lipinski definition) is 4. The van der Waals surface area contributed by atoms with E-state index in [-0.39, 0.29) is 5.91 Å². The Morgan fingerprint density at radius 3 is 2.56 bits per heavy atom. The molecule has 2 aromatic carbocycles. The zero-order valence-corrected chi connectivity index (χ0v) is 19.2. The first-order valence-electron chi connectivity index (χ1n) is 11.3. The Bertz CT molecular complexity index is 1060. The van der Waals surface area contributed by atoms with Crippen molar-refractivity contribution in [1.29, 1.82) is 0 Å². The summed E-state index contributed by atoms with van der Waals surface area (Å²) in [6.07, 6.45) is 2.23. The molecule has 1 N–H and O–H groups in total. The molecule has 0 aliphatic carbocycles. The topological polar surface area (TPSA) is 61.5 Å². The number of carbonyl (C=O) groups is 1. The molecule has 1 saturated heterocycles. The quantitative estimate of drug-likeness (QED) is 0.628. The number of H-pyrrole nitrogens is 1. The SMILES string of the molecule is COc1ccc(CCC(=O)N2CCCN(c3cc(-c4ccc(C)c(C)c4)[nH]n3)CC2)cc1. The van der Waals surface area contributed by atoms with Crippen LogP contribution in [0.2, 0.25) is 0 Å². The van der Waals surface area contributed by atoms with Crippen molar-refractivity contribution in [2.45, 2.75) is 33.1 Å². The standard InChI is InChI=1S/C26H32N4O2/c1-19-5-9-22(17-20(19)2)24-18-25(28-27-24)29-13-4-14-30(16-15-29)26(31)12-8-21-6-10-23(32-3)11-7-21/h5-7,9-11,17-18H,4,8,12-16H2,1-3H3,(H,27,28). The van der Waals surface area contributed by atoms with Crippen LogP contribution in [0, 0.1) is 13.8 Å². The summed E-state index contributed by atoms with van der Waals surface area (Å²) in [7, 11) is 1.66. The predicted octanol–water partition coefficient (Wildman–Crippen LogP) is 4.37. The number of amides is 1. The fourth-order valence-electron chi connectivity index (χ4n) is 4.13. The molecule has 4 rings (SSSR count). The van der Waals surface area contributed by atoms with E-state index in [0.717, 1.165) is 67.4 Å². The molecule has 0 saturated carbocycles. The van der Waals surface area contributed by atoms with Gasteiger partial charge in [0, 0.05) is 38.7 Å². The minimum absolute atomic E-state index is 0.223. The lowest BCUT2D eigenvalue weighted by molar-refractivity contribution is -0.130. The van der Waals surface area contributed by atoms with Crippen molar-refractivity contribution in [2.24, 2.45) is 0 Å². The van der Waals surface area contributed by atoms with Gasteiger partial charge in [-0.2, -0.15) is 5.10 Å². The van der Waals surface area contributed by atoms with Gasteiger partial charge in [0.2, 0.25) is 5.91 Å². The third-order valence-corrected chi connectivity index (χ3v) is 6.34. The second kappa shape index (κ2) is 9.90. The summed E-state index contributed by atoms with van der Waals surface area (Å²) in [5, 5.41) is 7.74. The Kier molecular flexibility index (Phi) is 6.78. The summed E-state index contributed by atoms with van der Waals surface area (Å²) in [6.45, 7) is 7.48. The number of carbonyl (C=O) groups excluding carboxylic acids is 1. The number of ether oxygens (including phenoxy) is 1. The van der Waals surface area contributed by atoms with Gasteiger partial charge in [0.1, 0.15) is 5.75 Å². The van der Waals surface area contributed by atoms with E-state index in [1.54, 1.807) is 7.11 Å². The van der Waals surface area contributed by atoms with E-state index in [0.29, 0.717) is 6.42 Å². The van der Waals surface area contributed by atoms with Crippen LogP contribution < -0.4 is 9.64 Å². The molecule has 1 fully saturated rings. The number of benzene rings is 2. The average molecular weight is 433 g/mol. The molecule has 6 nitrogen and oxygen atoms in total. The lowest BCUT2D eigenvalue weighted by atomic mass is 10.0. The van der Waals surface area contributed by atoms with Gasteiger partial charge < -0.3 is 14.5 Å². The van der Waals surface area contributed by atoms with Crippen molar-refractivity contribution in [3.05, 3.63) is 65.2 Å². The first kappa shape index (κ1) is 21.9. The molecule has 168 valence electrons. The van der Waals surface area contributed by atoms with Crippen molar-refractivity contribution in [3.8, 4) is 17.0 Å². The average Bonchev–Trinajstić information content (AvgIpc) is 3.17. The van der Waals surface area contributed by atoms with Crippen molar-refractivity contribution < 1.29 is 9.53 Å². The van der Waals surface area contributed by atoms with Gasteiger partial charge in [-0.05, 0) is 67.1 Å². The van der Waals surface area contributed by atoms with Crippen LogP contribution in [0.15, 0.2) is 48.5 Å². The summed E-state index contributed by atoms with van der Waals surface area (Å²) < 4.78 is 5.20. The Labute approximate surface area is 190 Å². The maximum Gasteiger partial charge on any atom is 0.222 e. The number of rotatable bonds is 6. The second-order valence-electron chi connectivity index (χ2n) is 8.51. The van der Waals surface area contributed by atoms with Crippen molar-refractivity contribution in [1.82, 2.24) is 15.1 Å². The molecule has 1 amide bonds. The molecule has 1 aliphatic heterocycles. The van der Waals surface area contributed by atoms with E-state index >= 15 is 0 Å². The molecule has 0 radical (unpaired) electrons. The number of nitrogens with zero attached hydrogens (tertiary/aromatic N) is 3. The third kappa shape index (κ3) is 5.13. The fourth-order valence-corrected chi connectivity index (χ4v) is 4.13. The summed E-state index contributed by atoms with van der Waals surface area (Å²) >= 11 is 0. The van der Waals surface area contributed by atoms with Gasteiger partial charge in [-0.3, -0.25) is 9.89 Å². The largest absolute Gasteiger partial charge is 0.497 e. The monoisotopic (exact) mass is 432 g/mol. The Hall–Kier alpha value is -3.28. The van der Waals surface area contributed by atoms with Gasteiger partial charge in [0.05, 0.1) is 12.8 Å². The summed E-state index contributed by atoms with van der Waals surface area (Å²) in [6, 6.07) is 16.5. The van der Waals surface area contributed by atoms with Crippen molar-refractivity contribution in [3.63, 3.8) is 0 Å². The fraction of sp³-hybridized carbons (Fsp3) is 0.385. The molecule has 0 atom stereocenters. The zero-order valence-electron chi connectivity index (χ0n) is 19.2. The molecule has 32 heavy (non-hydrogen) atoms. The number of aromatic amines is 1. The third-order valence-electron chi connectivity index (χ3n) is 6.34. The molecular weight excluding hydrogens is 400 g/mol. The van der Waals surface area contributed by atoms with Crippen molar-refractivity contribution in [2.75, 3.05) is 38.2 Å². The van der Waals surface area contributed by atoms with Crippen LogP contribution in [0.5, 0.6) is 5.75 Å². The highest BCUT2D eigenvalue weighted by Crippen LogP contribution is 2.25. The first-order chi connectivity index (χ1) is 15.5. The van der Waals surface area contributed by atoms with Gasteiger partial charge in [-0.25, -0.2) is 0 Å². The minimum Gasteiger partial charge on any atom is -0.497 e. The van der Waals surface area contributed by atoms with Gasteiger partial charge in [-0.15, -0.1) is 0 Å². The zero-order chi connectivity index (χ0) is 22.5. The molecule has 6 heteroatoms. The van der Waals surface area contributed by atoms with Gasteiger partial charge in [0.25, 0.3) is 0 Å². The summed E-state index contributed by atoms with van der Waals surface area (Å²) in [5.74, 6) is 2.01. The van der Waals surface area contributed by atoms with E-state index in [1.165, 1.54) is 11.1 Å². The van der Waals surface area contributed by atoms with E-state index in [4.69, 9.17) is 4.74 Å². The lowest BCUT2D eigenvalue weighted by Gasteiger charge is -2.22. The molecule has 0 unspecified atom stereocenters. The Morgan fingerprint density at radius 1 is 1.00 bits per heavy atom. The minimum atomic E-state index is 0.223. The van der Waals surface area contributed by atoms with Crippen LogP contribution in [0.1, 0.15) is 29.5 Å². The number of aromatic nitrogens is 2. The van der Waals surface area contributed by atoms with E-state index < -0.39 is 0 Å². The highest BCUT2D eigenvalue weighted by Gasteiger charge is 2.20. The highest BCUT2D eigenvalue weighted by molar-refractivity contribution is 5.76. The molecule has 1 aromatic heterocycles. The van der Waals surface area contributed by atoms with Crippen LogP contribution in [-0.4, -0.2) is 54.3 Å². The molecule has 0 bridgehead atoms. The molecule has 3 aromatic rings.